The number of para-hydroxylation sites is 2. The first-order valence-electron chi connectivity index (χ1n) is 15.1. The van der Waals surface area contributed by atoms with E-state index in [0.29, 0.717) is 12.1 Å². The molecule has 1 aliphatic heterocycles. The first kappa shape index (κ1) is 35.4. The summed E-state index contributed by atoms with van der Waals surface area (Å²) in [7, 11) is -4.52. The van der Waals surface area contributed by atoms with E-state index < -0.39 is 16.5 Å². The van der Waals surface area contributed by atoms with Crippen LogP contribution in [-0.4, -0.2) is 19.1 Å². The molecule has 208 valence electrons. The number of hydrogen-bond donors (Lipinski definition) is 1. The van der Waals surface area contributed by atoms with Crippen LogP contribution in [0.25, 0.3) is 0 Å². The molecule has 1 atom stereocenters. The van der Waals surface area contributed by atoms with Crippen molar-refractivity contribution in [3.05, 3.63) is 24.3 Å². The summed E-state index contributed by atoms with van der Waals surface area (Å²) in [4.78, 5) is 0. The van der Waals surface area contributed by atoms with Gasteiger partial charge in [0.15, 0.2) is 10.3 Å². The van der Waals surface area contributed by atoms with Gasteiger partial charge in [-0.05, 0) is 25.0 Å². The molecule has 1 heterocycles. The van der Waals surface area contributed by atoms with Gasteiger partial charge in [-0.25, -0.2) is 8.42 Å². The normalized spacial score (nSPS) is 14.9. The Hall–Kier alpha value is 0.366. The fraction of sp³-hybridized carbons (Fsp3) is 0.800. The minimum Gasteiger partial charge on any atom is -0.731 e. The fourth-order valence-electron chi connectivity index (χ4n) is 5.43. The average Bonchev–Trinajstić information content (AvgIpc) is 3.24. The summed E-state index contributed by atoms with van der Waals surface area (Å²) in [6.45, 7) is 2.28. The minimum atomic E-state index is -4.52. The smallest absolute Gasteiger partial charge is 0.731 e. The molecule has 0 fully saturated rings. The van der Waals surface area contributed by atoms with Crippen LogP contribution in [0, 0.1) is 0 Å². The molecule has 1 aromatic rings. The van der Waals surface area contributed by atoms with Gasteiger partial charge in [-0.3, -0.25) is 4.31 Å². The molecule has 37 heavy (non-hydrogen) atoms. The second kappa shape index (κ2) is 22.1. The van der Waals surface area contributed by atoms with Crippen LogP contribution in [0.4, 0.5) is 11.4 Å². The van der Waals surface area contributed by atoms with Gasteiger partial charge in [0.1, 0.15) is 6.17 Å². The van der Waals surface area contributed by atoms with Gasteiger partial charge in [-0.2, -0.15) is 0 Å². The Morgan fingerprint density at radius 1 is 0.676 bits per heavy atom. The first-order chi connectivity index (χ1) is 17.5. The topological polar surface area (TPSA) is 72.5 Å². The van der Waals surface area contributed by atoms with Crippen LogP contribution >= 0.6 is 0 Å². The number of benzene rings is 1. The molecule has 2 rings (SSSR count). The van der Waals surface area contributed by atoms with Gasteiger partial charge in [0.05, 0.1) is 11.4 Å². The number of unbranched alkanes of at least 4 members (excludes halogenated alkanes) is 20. The molecule has 1 aromatic carbocycles. The summed E-state index contributed by atoms with van der Waals surface area (Å²) in [5, 5.41) is 3.20. The Morgan fingerprint density at radius 3 is 1.46 bits per heavy atom. The summed E-state index contributed by atoms with van der Waals surface area (Å²) in [5.74, 6) is 0. The number of anilines is 2. The Bertz CT molecular complexity index is 791. The van der Waals surface area contributed by atoms with Crippen LogP contribution in [0.2, 0.25) is 0 Å². The van der Waals surface area contributed by atoms with E-state index in [-0.39, 0.29) is 51.4 Å². The number of nitrogens with one attached hydrogen (secondary N) is 1. The van der Waals surface area contributed by atoms with Crippen LogP contribution in [0.15, 0.2) is 24.3 Å². The maximum absolute atomic E-state index is 11.8. The largest absolute Gasteiger partial charge is 1.00 e. The van der Waals surface area contributed by atoms with E-state index in [4.69, 9.17) is 0 Å². The van der Waals surface area contributed by atoms with Crippen molar-refractivity contribution < 1.29 is 64.4 Å². The molecule has 7 heteroatoms. The van der Waals surface area contributed by atoms with Gasteiger partial charge < -0.3 is 9.87 Å². The number of fused-ring (bicyclic) bond motifs is 1. The Morgan fingerprint density at radius 2 is 1.05 bits per heavy atom. The van der Waals surface area contributed by atoms with Crippen LogP contribution in [0.1, 0.15) is 148 Å². The van der Waals surface area contributed by atoms with Crippen molar-refractivity contribution >= 4 is 21.7 Å². The van der Waals surface area contributed by atoms with E-state index >= 15 is 0 Å². The van der Waals surface area contributed by atoms with Crippen LogP contribution in [0.3, 0.4) is 0 Å². The van der Waals surface area contributed by atoms with Crippen LogP contribution < -0.4 is 61.0 Å². The molecule has 1 aliphatic rings. The molecular formula is C30H53KN2O3S. The van der Waals surface area contributed by atoms with E-state index in [2.05, 4.69) is 12.2 Å². The molecule has 0 saturated carbocycles. The molecule has 0 amide bonds. The zero-order valence-electron chi connectivity index (χ0n) is 24.0. The predicted molar refractivity (Wildman–Crippen MR) is 153 cm³/mol. The van der Waals surface area contributed by atoms with Crippen LogP contribution in [0.5, 0.6) is 0 Å². The summed E-state index contributed by atoms with van der Waals surface area (Å²) < 4.78 is 36.3. The molecule has 1 N–H and O–H groups in total. The third kappa shape index (κ3) is 15.7. The minimum absolute atomic E-state index is 0. The maximum atomic E-state index is 11.8. The van der Waals surface area contributed by atoms with E-state index in [1.807, 2.05) is 12.1 Å². The summed E-state index contributed by atoms with van der Waals surface area (Å²) in [6, 6.07) is 7.13. The third-order valence-corrected chi connectivity index (χ3v) is 8.50. The second-order valence-corrected chi connectivity index (χ2v) is 12.0. The Kier molecular flexibility index (Phi) is 21.1. The molecule has 0 spiro atoms. The maximum Gasteiger partial charge on any atom is 1.00 e. The van der Waals surface area contributed by atoms with Gasteiger partial charge in [0.2, 0.25) is 0 Å². The molecule has 0 aromatic heterocycles. The molecular weight excluding hydrogens is 508 g/mol. The Labute approximate surface area is 271 Å². The molecule has 5 nitrogen and oxygen atoms in total. The third-order valence-electron chi connectivity index (χ3n) is 7.57. The summed E-state index contributed by atoms with van der Waals surface area (Å²) >= 11 is 0. The standard InChI is InChI=1S/C30H54N2O3S.K/c1-2-3-4-5-6-7-8-9-10-11-12-13-14-15-16-17-18-19-20-21-22-27-30-31-28-25-23-24-26-29(28)32(30)36(33,34)35;/h23-26,30-31H,2-22,27H2,1H3,(H,33,34,35);/q;+1/p-1. The van der Waals surface area contributed by atoms with Gasteiger partial charge >= 0.3 is 51.4 Å². The van der Waals surface area contributed by atoms with Gasteiger partial charge in [0.25, 0.3) is 0 Å². The summed E-state index contributed by atoms with van der Waals surface area (Å²) in [5.41, 5.74) is 1.20. The van der Waals surface area contributed by atoms with E-state index in [1.165, 1.54) is 122 Å². The van der Waals surface area contributed by atoms with Crippen molar-refractivity contribution in [1.82, 2.24) is 0 Å². The number of rotatable bonds is 23. The fourth-order valence-corrected chi connectivity index (χ4v) is 6.30. The van der Waals surface area contributed by atoms with Crippen molar-refractivity contribution in [2.24, 2.45) is 0 Å². The number of nitrogens with zero attached hydrogens (tertiary/aromatic N) is 1. The average molecular weight is 561 g/mol. The molecule has 0 aliphatic carbocycles. The SMILES string of the molecule is CCCCCCCCCCCCCCCCCCCCCCCC1Nc2ccccc2N1S(=O)(=O)[O-].[K+]. The van der Waals surface area contributed by atoms with Gasteiger partial charge in [-0.1, -0.05) is 147 Å². The molecule has 0 saturated heterocycles. The zero-order chi connectivity index (χ0) is 25.9. The van der Waals surface area contributed by atoms with E-state index in [9.17, 15) is 13.0 Å². The molecule has 0 bridgehead atoms. The Balaban J connectivity index is 0.00000684. The molecule has 1 unspecified atom stereocenters. The van der Waals surface area contributed by atoms with E-state index in [1.54, 1.807) is 12.1 Å². The monoisotopic (exact) mass is 560 g/mol. The summed E-state index contributed by atoms with van der Waals surface area (Å²) in [6.07, 6.45) is 28.5. The zero-order valence-corrected chi connectivity index (χ0v) is 28.0. The predicted octanol–water partition coefficient (Wildman–Crippen LogP) is 6.31. The van der Waals surface area contributed by atoms with Crippen LogP contribution in [-0.2, 0) is 10.3 Å². The van der Waals surface area contributed by atoms with Gasteiger partial charge in [-0.15, -0.1) is 0 Å². The quantitative estimate of drug-likeness (QED) is 0.0967. The number of hydrogen-bond acceptors (Lipinski definition) is 4. The van der Waals surface area contributed by atoms with Crippen molar-refractivity contribution in [3.8, 4) is 0 Å². The van der Waals surface area contributed by atoms with Gasteiger partial charge in [0, 0.05) is 0 Å². The van der Waals surface area contributed by atoms with Crippen molar-refractivity contribution in [2.45, 2.75) is 154 Å². The van der Waals surface area contributed by atoms with Crippen molar-refractivity contribution in [3.63, 3.8) is 0 Å². The van der Waals surface area contributed by atoms with Crippen molar-refractivity contribution in [1.29, 1.82) is 0 Å². The van der Waals surface area contributed by atoms with Crippen molar-refractivity contribution in [2.75, 3.05) is 9.62 Å². The molecule has 0 radical (unpaired) electrons. The van der Waals surface area contributed by atoms with E-state index in [0.717, 1.165) is 22.8 Å². The second-order valence-electron chi connectivity index (χ2n) is 10.8. The first-order valence-corrected chi connectivity index (χ1v) is 16.5.